The fraction of sp³-hybridized carbons (Fsp3) is 0.350. The molecule has 1 aromatic heterocycles. The van der Waals surface area contributed by atoms with Gasteiger partial charge in [-0.1, -0.05) is 18.2 Å². The van der Waals surface area contributed by atoms with Gasteiger partial charge in [0.25, 0.3) is 0 Å². The Morgan fingerprint density at radius 2 is 2.04 bits per heavy atom. The fourth-order valence-electron chi connectivity index (χ4n) is 3.53. The number of imidazole rings is 1. The molecule has 1 aliphatic rings. The Morgan fingerprint density at radius 1 is 1.24 bits per heavy atom. The van der Waals surface area contributed by atoms with Crippen LogP contribution in [-0.4, -0.2) is 23.3 Å². The van der Waals surface area contributed by atoms with E-state index in [1.807, 2.05) is 6.92 Å². The number of nitrogens with zero attached hydrogens (tertiary/aromatic N) is 2. The Kier molecular flexibility index (Phi) is 4.17. The van der Waals surface area contributed by atoms with Gasteiger partial charge in [-0.2, -0.15) is 0 Å². The van der Waals surface area contributed by atoms with E-state index in [1.165, 1.54) is 17.7 Å². The maximum absolute atomic E-state index is 13.2. The molecule has 0 spiro atoms. The Labute approximate surface area is 146 Å². The molecule has 0 saturated carbocycles. The monoisotopic (exact) mass is 340 g/mol. The highest BCUT2D eigenvalue weighted by Gasteiger charge is 2.25. The molecule has 1 unspecified atom stereocenters. The van der Waals surface area contributed by atoms with Crippen molar-refractivity contribution in [1.82, 2.24) is 9.55 Å². The second-order valence-electron chi connectivity index (χ2n) is 6.42. The van der Waals surface area contributed by atoms with Gasteiger partial charge >= 0.3 is 0 Å². The molecule has 3 aromatic rings. The number of benzene rings is 2. The van der Waals surface area contributed by atoms with Gasteiger partial charge in [0.2, 0.25) is 0 Å². The predicted octanol–water partition coefficient (Wildman–Crippen LogP) is 4.20. The largest absolute Gasteiger partial charge is 0.483 e. The second kappa shape index (κ2) is 6.48. The van der Waals surface area contributed by atoms with Gasteiger partial charge in [0, 0.05) is 13.7 Å². The van der Waals surface area contributed by atoms with E-state index in [4.69, 9.17) is 9.47 Å². The third-order valence-electron chi connectivity index (χ3n) is 4.83. The van der Waals surface area contributed by atoms with Gasteiger partial charge in [-0.25, -0.2) is 9.37 Å². The molecule has 1 atom stereocenters. The van der Waals surface area contributed by atoms with E-state index in [2.05, 4.69) is 21.7 Å². The quantitative estimate of drug-likeness (QED) is 0.714. The zero-order valence-corrected chi connectivity index (χ0v) is 14.5. The molecule has 0 bridgehead atoms. The van der Waals surface area contributed by atoms with Crippen LogP contribution in [0.25, 0.3) is 11.0 Å². The number of aryl methyl sites for hydroxylation is 2. The first-order valence-electron chi connectivity index (χ1n) is 8.57. The number of ether oxygens (including phenoxy) is 2. The van der Waals surface area contributed by atoms with Crippen LogP contribution in [0.2, 0.25) is 0 Å². The third kappa shape index (κ3) is 2.89. The number of methoxy groups -OCH3 is 1. The standard InChI is InChI=1S/C20H21FN2O2/c1-13-22-17-9-5-15-6-10-18(14-3-7-16(21)8-4-14)25-20(15)19(17)23(13)11-12-24-2/h3-5,7-9,18H,6,10-12H2,1-2H3. The van der Waals surface area contributed by atoms with Crippen molar-refractivity contribution in [3.63, 3.8) is 0 Å². The Bertz CT molecular complexity index is 902. The molecule has 2 heterocycles. The lowest BCUT2D eigenvalue weighted by atomic mass is 9.97. The van der Waals surface area contributed by atoms with Crippen LogP contribution >= 0.6 is 0 Å². The van der Waals surface area contributed by atoms with Crippen molar-refractivity contribution in [3.05, 3.63) is 59.2 Å². The van der Waals surface area contributed by atoms with Crippen LogP contribution in [0.1, 0.15) is 29.5 Å². The lowest BCUT2D eigenvalue weighted by Gasteiger charge is -2.27. The Balaban J connectivity index is 1.76. The molecular weight excluding hydrogens is 319 g/mol. The van der Waals surface area contributed by atoms with Crippen molar-refractivity contribution in [1.29, 1.82) is 0 Å². The molecular formula is C20H21FN2O2. The maximum Gasteiger partial charge on any atom is 0.149 e. The van der Waals surface area contributed by atoms with Crippen LogP contribution in [0.5, 0.6) is 5.75 Å². The van der Waals surface area contributed by atoms with Crippen molar-refractivity contribution >= 4 is 11.0 Å². The zero-order valence-electron chi connectivity index (χ0n) is 14.5. The molecule has 0 N–H and O–H groups in total. The van der Waals surface area contributed by atoms with Crippen molar-refractivity contribution in [2.75, 3.05) is 13.7 Å². The van der Waals surface area contributed by atoms with Gasteiger partial charge in [-0.3, -0.25) is 0 Å². The number of rotatable bonds is 4. The van der Waals surface area contributed by atoms with E-state index < -0.39 is 0 Å². The van der Waals surface area contributed by atoms with E-state index in [0.717, 1.165) is 47.6 Å². The molecule has 0 aliphatic carbocycles. The highest BCUT2D eigenvalue weighted by atomic mass is 19.1. The summed E-state index contributed by atoms with van der Waals surface area (Å²) in [6.07, 6.45) is 1.75. The first kappa shape index (κ1) is 16.1. The summed E-state index contributed by atoms with van der Waals surface area (Å²) in [7, 11) is 1.70. The van der Waals surface area contributed by atoms with E-state index in [0.29, 0.717) is 6.61 Å². The maximum atomic E-state index is 13.2. The van der Waals surface area contributed by atoms with E-state index in [9.17, 15) is 4.39 Å². The van der Waals surface area contributed by atoms with E-state index in [1.54, 1.807) is 19.2 Å². The molecule has 0 saturated heterocycles. The summed E-state index contributed by atoms with van der Waals surface area (Å²) >= 11 is 0. The average molecular weight is 340 g/mol. The fourth-order valence-corrected chi connectivity index (χ4v) is 3.53. The molecule has 1 aliphatic heterocycles. The molecule has 4 nitrogen and oxygen atoms in total. The van der Waals surface area contributed by atoms with E-state index in [-0.39, 0.29) is 11.9 Å². The molecule has 25 heavy (non-hydrogen) atoms. The van der Waals surface area contributed by atoms with Crippen LogP contribution in [0, 0.1) is 12.7 Å². The molecule has 0 fully saturated rings. The number of fused-ring (bicyclic) bond motifs is 3. The van der Waals surface area contributed by atoms with Crippen molar-refractivity contribution in [3.8, 4) is 5.75 Å². The van der Waals surface area contributed by atoms with Crippen LogP contribution in [0.3, 0.4) is 0 Å². The van der Waals surface area contributed by atoms with Crippen LogP contribution < -0.4 is 4.74 Å². The smallest absolute Gasteiger partial charge is 0.149 e. The lowest BCUT2D eigenvalue weighted by molar-refractivity contribution is 0.176. The predicted molar refractivity (Wildman–Crippen MR) is 94.4 cm³/mol. The topological polar surface area (TPSA) is 36.3 Å². The van der Waals surface area contributed by atoms with Gasteiger partial charge in [0.1, 0.15) is 29.0 Å². The van der Waals surface area contributed by atoms with Gasteiger partial charge in [-0.15, -0.1) is 0 Å². The third-order valence-corrected chi connectivity index (χ3v) is 4.83. The normalized spacial score (nSPS) is 16.7. The Hall–Kier alpha value is -2.40. The highest BCUT2D eigenvalue weighted by Crippen LogP contribution is 2.40. The van der Waals surface area contributed by atoms with Gasteiger partial charge in [-0.05, 0) is 49.1 Å². The first-order valence-corrected chi connectivity index (χ1v) is 8.57. The summed E-state index contributed by atoms with van der Waals surface area (Å²) < 4.78 is 27.0. The molecule has 130 valence electrons. The number of hydrogen-bond donors (Lipinski definition) is 0. The Morgan fingerprint density at radius 3 is 2.80 bits per heavy atom. The van der Waals surface area contributed by atoms with Crippen molar-refractivity contribution in [2.24, 2.45) is 0 Å². The molecule has 0 amide bonds. The molecule has 4 rings (SSSR count). The number of halogens is 1. The van der Waals surface area contributed by atoms with Gasteiger partial charge < -0.3 is 14.0 Å². The summed E-state index contributed by atoms with van der Waals surface area (Å²) in [5.74, 6) is 1.62. The SMILES string of the molecule is COCCn1c(C)nc2ccc3c(c21)OC(c1ccc(F)cc1)CC3. The summed E-state index contributed by atoms with van der Waals surface area (Å²) in [4.78, 5) is 4.66. The van der Waals surface area contributed by atoms with Crippen LogP contribution in [0.4, 0.5) is 4.39 Å². The lowest BCUT2D eigenvalue weighted by Crippen LogP contribution is -2.16. The molecule has 5 heteroatoms. The summed E-state index contributed by atoms with van der Waals surface area (Å²) in [6.45, 7) is 3.36. The van der Waals surface area contributed by atoms with Gasteiger partial charge in [0.05, 0.1) is 12.1 Å². The van der Waals surface area contributed by atoms with Gasteiger partial charge in [0.15, 0.2) is 0 Å². The van der Waals surface area contributed by atoms with Crippen LogP contribution in [0.15, 0.2) is 36.4 Å². The van der Waals surface area contributed by atoms with Crippen molar-refractivity contribution in [2.45, 2.75) is 32.4 Å². The molecule has 0 radical (unpaired) electrons. The summed E-state index contributed by atoms with van der Waals surface area (Å²) in [5.41, 5.74) is 4.17. The second-order valence-corrected chi connectivity index (χ2v) is 6.42. The number of hydrogen-bond acceptors (Lipinski definition) is 3. The average Bonchev–Trinajstić information content (AvgIpc) is 2.96. The first-order chi connectivity index (χ1) is 12.2. The number of aromatic nitrogens is 2. The highest BCUT2D eigenvalue weighted by molar-refractivity contribution is 5.84. The zero-order chi connectivity index (χ0) is 17.4. The minimum Gasteiger partial charge on any atom is -0.483 e. The van der Waals surface area contributed by atoms with Crippen LogP contribution in [-0.2, 0) is 17.7 Å². The van der Waals surface area contributed by atoms with Crippen molar-refractivity contribution < 1.29 is 13.9 Å². The minimum absolute atomic E-state index is 0.0650. The minimum atomic E-state index is -0.226. The summed E-state index contributed by atoms with van der Waals surface area (Å²) in [6, 6.07) is 10.7. The summed E-state index contributed by atoms with van der Waals surface area (Å²) in [5, 5.41) is 0. The molecule has 2 aromatic carbocycles. The van der Waals surface area contributed by atoms with E-state index >= 15 is 0 Å².